The maximum atomic E-state index is 13.2. The van der Waals surface area contributed by atoms with E-state index in [2.05, 4.69) is 31.4 Å². The number of piperidine rings is 1. The molecule has 1 saturated heterocycles. The van der Waals surface area contributed by atoms with E-state index in [0.29, 0.717) is 28.8 Å². The summed E-state index contributed by atoms with van der Waals surface area (Å²) >= 11 is 0. The van der Waals surface area contributed by atoms with Crippen LogP contribution < -0.4 is 10.6 Å². The molecule has 4 bridgehead atoms. The lowest BCUT2D eigenvalue weighted by Gasteiger charge is -2.64. The molecule has 0 aromatic heterocycles. The lowest BCUT2D eigenvalue weighted by atomic mass is 9.40. The number of amides is 1. The van der Waals surface area contributed by atoms with Crippen molar-refractivity contribution in [2.24, 2.45) is 22.2 Å². The summed E-state index contributed by atoms with van der Waals surface area (Å²) in [5.41, 5.74) is 0.802. The Labute approximate surface area is 135 Å². The van der Waals surface area contributed by atoms with E-state index >= 15 is 0 Å². The van der Waals surface area contributed by atoms with Crippen LogP contribution in [0.4, 0.5) is 0 Å². The Kier molecular flexibility index (Phi) is 3.21. The fourth-order valence-corrected chi connectivity index (χ4v) is 7.30. The molecule has 4 aliphatic carbocycles. The molecule has 22 heavy (non-hydrogen) atoms. The van der Waals surface area contributed by atoms with Gasteiger partial charge in [0, 0.05) is 12.1 Å². The van der Waals surface area contributed by atoms with Gasteiger partial charge in [0.15, 0.2) is 0 Å². The van der Waals surface area contributed by atoms with Gasteiger partial charge in [0.25, 0.3) is 0 Å². The Morgan fingerprint density at radius 3 is 2.36 bits per heavy atom. The fourth-order valence-electron chi connectivity index (χ4n) is 7.30. The zero-order valence-electron chi connectivity index (χ0n) is 14.5. The number of rotatable bonds is 2. The molecule has 1 heterocycles. The second kappa shape index (κ2) is 4.72. The van der Waals surface area contributed by atoms with Crippen molar-refractivity contribution in [3.8, 4) is 0 Å². The van der Waals surface area contributed by atoms with Crippen LogP contribution in [0, 0.1) is 22.2 Å². The van der Waals surface area contributed by atoms with Crippen LogP contribution in [0.1, 0.15) is 72.1 Å². The Morgan fingerprint density at radius 2 is 1.77 bits per heavy atom. The molecule has 5 rings (SSSR count). The molecule has 5 aliphatic rings. The highest BCUT2D eigenvalue weighted by Crippen LogP contribution is 2.69. The number of carbonyl (C=O) groups excluding carboxylic acids is 1. The molecule has 0 aromatic carbocycles. The highest BCUT2D eigenvalue weighted by Gasteiger charge is 2.62. The summed E-state index contributed by atoms with van der Waals surface area (Å²) in [4.78, 5) is 13.2. The summed E-state index contributed by atoms with van der Waals surface area (Å²) in [5.74, 6) is 1.19. The maximum Gasteiger partial charge on any atom is 0.226 e. The van der Waals surface area contributed by atoms with Gasteiger partial charge in [-0.05, 0) is 81.6 Å². The monoisotopic (exact) mass is 304 g/mol. The lowest BCUT2D eigenvalue weighted by molar-refractivity contribution is -0.170. The Morgan fingerprint density at radius 1 is 1.09 bits per heavy atom. The van der Waals surface area contributed by atoms with Crippen LogP contribution >= 0.6 is 0 Å². The molecule has 1 aliphatic heterocycles. The second-order valence-corrected chi connectivity index (χ2v) is 9.96. The Hall–Kier alpha value is -0.570. The molecule has 3 heteroatoms. The summed E-state index contributed by atoms with van der Waals surface area (Å²) < 4.78 is 0. The van der Waals surface area contributed by atoms with Crippen LogP contribution in [0.2, 0.25) is 0 Å². The van der Waals surface area contributed by atoms with Crippen LogP contribution in [0.15, 0.2) is 0 Å². The first-order valence-electron chi connectivity index (χ1n) is 9.34. The third kappa shape index (κ3) is 2.40. The zero-order chi connectivity index (χ0) is 15.6. The van der Waals surface area contributed by atoms with Crippen molar-refractivity contribution in [1.29, 1.82) is 0 Å². The predicted octanol–water partition coefficient (Wildman–Crippen LogP) is 3.24. The van der Waals surface area contributed by atoms with E-state index in [4.69, 9.17) is 0 Å². The van der Waals surface area contributed by atoms with E-state index in [-0.39, 0.29) is 5.41 Å². The number of carbonyl (C=O) groups is 1. The summed E-state index contributed by atoms with van der Waals surface area (Å²) in [5, 5.41) is 6.94. The maximum absolute atomic E-state index is 13.2. The quantitative estimate of drug-likeness (QED) is 0.822. The van der Waals surface area contributed by atoms with Crippen molar-refractivity contribution < 1.29 is 4.79 Å². The summed E-state index contributed by atoms with van der Waals surface area (Å²) in [7, 11) is 0. The van der Waals surface area contributed by atoms with Crippen molar-refractivity contribution in [3.63, 3.8) is 0 Å². The summed E-state index contributed by atoms with van der Waals surface area (Å²) in [6.45, 7) is 8.16. The Balaban J connectivity index is 1.52. The fraction of sp³-hybridized carbons (Fsp3) is 0.947. The molecular weight excluding hydrogens is 272 g/mol. The minimum atomic E-state index is -0.0446. The van der Waals surface area contributed by atoms with Crippen LogP contribution in [0.25, 0.3) is 0 Å². The summed E-state index contributed by atoms with van der Waals surface area (Å²) in [6.07, 6.45) is 9.67. The first kappa shape index (κ1) is 15.0. The van der Waals surface area contributed by atoms with Crippen molar-refractivity contribution in [2.45, 2.75) is 84.2 Å². The normalized spacial score (nSPS) is 53.5. The number of hydrogen-bond donors (Lipinski definition) is 2. The van der Waals surface area contributed by atoms with Gasteiger partial charge in [-0.15, -0.1) is 0 Å². The van der Waals surface area contributed by atoms with Crippen LogP contribution in [0.3, 0.4) is 0 Å². The predicted molar refractivity (Wildman–Crippen MR) is 88.5 cm³/mol. The van der Waals surface area contributed by atoms with Crippen LogP contribution in [-0.4, -0.2) is 24.5 Å². The Bertz CT molecular complexity index is 470. The molecular formula is C19H32N2O. The highest BCUT2D eigenvalue weighted by atomic mass is 16.2. The van der Waals surface area contributed by atoms with Gasteiger partial charge in [0.2, 0.25) is 5.91 Å². The average molecular weight is 304 g/mol. The van der Waals surface area contributed by atoms with Crippen LogP contribution in [0.5, 0.6) is 0 Å². The van der Waals surface area contributed by atoms with Gasteiger partial charge in [-0.25, -0.2) is 0 Å². The van der Waals surface area contributed by atoms with Crippen molar-refractivity contribution >= 4 is 5.91 Å². The second-order valence-electron chi connectivity index (χ2n) is 9.96. The van der Waals surface area contributed by atoms with Gasteiger partial charge in [0.1, 0.15) is 0 Å². The van der Waals surface area contributed by atoms with E-state index in [1.165, 1.54) is 19.3 Å². The topological polar surface area (TPSA) is 41.1 Å². The van der Waals surface area contributed by atoms with Crippen molar-refractivity contribution in [3.05, 3.63) is 0 Å². The minimum absolute atomic E-state index is 0.0446. The summed E-state index contributed by atoms with van der Waals surface area (Å²) in [6, 6.07) is 0.919. The van der Waals surface area contributed by atoms with E-state index in [9.17, 15) is 4.79 Å². The van der Waals surface area contributed by atoms with E-state index < -0.39 is 0 Å². The minimum Gasteiger partial charge on any atom is -0.353 e. The van der Waals surface area contributed by atoms with E-state index in [0.717, 1.165) is 44.6 Å². The third-order valence-electron chi connectivity index (χ3n) is 7.07. The van der Waals surface area contributed by atoms with Gasteiger partial charge in [-0.3, -0.25) is 4.79 Å². The smallest absolute Gasteiger partial charge is 0.226 e. The molecule has 5 fully saturated rings. The average Bonchev–Trinajstić information content (AvgIpc) is 2.34. The molecule has 0 spiro atoms. The van der Waals surface area contributed by atoms with Gasteiger partial charge in [0.05, 0.1) is 5.41 Å². The molecule has 4 saturated carbocycles. The molecule has 1 amide bonds. The molecule has 4 atom stereocenters. The zero-order valence-corrected chi connectivity index (χ0v) is 14.5. The van der Waals surface area contributed by atoms with E-state index in [1.54, 1.807) is 0 Å². The SMILES string of the molecule is CC1CC(NC(=O)C23CC4CC(C)(CC(C)(C4)C2)C3)CCN1. The van der Waals surface area contributed by atoms with Gasteiger partial charge < -0.3 is 10.6 Å². The first-order chi connectivity index (χ1) is 10.3. The number of nitrogens with one attached hydrogen (secondary N) is 2. The van der Waals surface area contributed by atoms with E-state index in [1.807, 2.05) is 0 Å². The van der Waals surface area contributed by atoms with Crippen LogP contribution in [-0.2, 0) is 4.79 Å². The standard InChI is InChI=1S/C19H32N2O/c1-13-6-15(4-5-20-13)21-16(22)19-9-14-7-17(2,11-19)10-18(3,8-14)12-19/h13-15,20H,4-12H2,1-3H3,(H,21,22). The molecule has 3 nitrogen and oxygen atoms in total. The molecule has 124 valence electrons. The van der Waals surface area contributed by atoms with Crippen molar-refractivity contribution in [2.75, 3.05) is 6.54 Å². The molecule has 4 unspecified atom stereocenters. The number of hydrogen-bond acceptors (Lipinski definition) is 2. The molecule has 0 aromatic rings. The largest absolute Gasteiger partial charge is 0.353 e. The van der Waals surface area contributed by atoms with Crippen molar-refractivity contribution in [1.82, 2.24) is 10.6 Å². The molecule has 0 radical (unpaired) electrons. The first-order valence-corrected chi connectivity index (χ1v) is 9.34. The lowest BCUT2D eigenvalue weighted by Crippen LogP contribution is -2.61. The third-order valence-corrected chi connectivity index (χ3v) is 7.07. The van der Waals surface area contributed by atoms with Gasteiger partial charge in [-0.2, -0.15) is 0 Å². The molecule has 2 N–H and O–H groups in total. The van der Waals surface area contributed by atoms with Gasteiger partial charge >= 0.3 is 0 Å². The van der Waals surface area contributed by atoms with Gasteiger partial charge in [-0.1, -0.05) is 13.8 Å². The highest BCUT2D eigenvalue weighted by molar-refractivity contribution is 5.83.